The summed E-state index contributed by atoms with van der Waals surface area (Å²) in [5, 5.41) is 3.11. The van der Waals surface area contributed by atoms with Crippen molar-refractivity contribution in [3.05, 3.63) is 42.0 Å². The molecular formula is C25H34N2O3S. The molecule has 2 aliphatic rings. The zero-order valence-electron chi connectivity index (χ0n) is 18.5. The van der Waals surface area contributed by atoms with E-state index in [1.54, 1.807) is 13.2 Å². The summed E-state index contributed by atoms with van der Waals surface area (Å²) in [7, 11) is 1.62. The monoisotopic (exact) mass is 442 g/mol. The maximum absolute atomic E-state index is 12.3. The van der Waals surface area contributed by atoms with E-state index in [9.17, 15) is 4.79 Å². The average molecular weight is 443 g/mol. The lowest BCUT2D eigenvalue weighted by Gasteiger charge is -2.26. The number of nitrogens with one attached hydrogen (secondary N) is 1. The summed E-state index contributed by atoms with van der Waals surface area (Å²) in [4.78, 5) is 16.8. The smallest absolute Gasteiger partial charge is 0.244 e. The van der Waals surface area contributed by atoms with Crippen LogP contribution < -0.4 is 14.8 Å². The molecule has 1 heterocycles. The molecule has 1 aromatic rings. The summed E-state index contributed by atoms with van der Waals surface area (Å²) >= 11 is 4.36. The molecule has 0 spiro atoms. The quantitative estimate of drug-likeness (QED) is 0.401. The van der Waals surface area contributed by atoms with Gasteiger partial charge in [-0.25, -0.2) is 0 Å². The molecule has 1 aromatic carbocycles. The number of aliphatic imine (C=N–C) groups is 1. The minimum Gasteiger partial charge on any atom is -0.493 e. The Morgan fingerprint density at radius 1 is 1.26 bits per heavy atom. The van der Waals surface area contributed by atoms with Crippen molar-refractivity contribution in [1.29, 1.82) is 0 Å². The number of thiol groups is 1. The van der Waals surface area contributed by atoms with Crippen LogP contribution in [0.2, 0.25) is 0 Å². The van der Waals surface area contributed by atoms with Crippen molar-refractivity contribution in [1.82, 2.24) is 5.32 Å². The van der Waals surface area contributed by atoms with E-state index in [0.717, 1.165) is 42.9 Å². The third-order valence-corrected chi connectivity index (χ3v) is 6.36. The molecule has 168 valence electrons. The standard InChI is InChI=1S/C25H34N2O3S/c1-19-4-8-21(9-5-19)27-24(28)11-7-20-6-10-22(23(18-20)29-2)30-16-13-25(14-17-31)12-3-15-26-25/h3,6-7,10-12,15,18-19,21,31H,4-5,8-9,13-14,16-17H2,1-2H3,(H,27,28). The van der Waals surface area contributed by atoms with Crippen LogP contribution >= 0.6 is 12.6 Å². The Labute approximate surface area is 191 Å². The molecule has 1 saturated carbocycles. The summed E-state index contributed by atoms with van der Waals surface area (Å²) in [6.45, 7) is 2.81. The van der Waals surface area contributed by atoms with Crippen molar-refractivity contribution in [2.24, 2.45) is 10.9 Å². The number of nitrogens with zero attached hydrogens (tertiary/aromatic N) is 1. The van der Waals surface area contributed by atoms with Gasteiger partial charge < -0.3 is 14.8 Å². The summed E-state index contributed by atoms with van der Waals surface area (Å²) in [5.74, 6) is 2.84. The third-order valence-electron chi connectivity index (χ3n) is 6.14. The van der Waals surface area contributed by atoms with E-state index in [1.165, 1.54) is 12.8 Å². The Balaban J connectivity index is 1.53. The zero-order valence-corrected chi connectivity index (χ0v) is 19.4. The molecular weight excluding hydrogens is 408 g/mol. The maximum atomic E-state index is 12.3. The van der Waals surface area contributed by atoms with Gasteiger partial charge in [0, 0.05) is 24.8 Å². The average Bonchev–Trinajstić information content (AvgIpc) is 3.23. The molecule has 0 radical (unpaired) electrons. The zero-order chi connectivity index (χ0) is 22.1. The highest BCUT2D eigenvalue weighted by Gasteiger charge is 2.27. The van der Waals surface area contributed by atoms with Crippen molar-refractivity contribution in [2.75, 3.05) is 19.5 Å². The van der Waals surface area contributed by atoms with E-state index >= 15 is 0 Å². The van der Waals surface area contributed by atoms with Gasteiger partial charge in [0.2, 0.25) is 5.91 Å². The third kappa shape index (κ3) is 6.89. The summed E-state index contributed by atoms with van der Waals surface area (Å²) in [6.07, 6.45) is 15.5. The predicted octanol–water partition coefficient (Wildman–Crippen LogP) is 4.87. The Hall–Kier alpha value is -2.21. The van der Waals surface area contributed by atoms with Gasteiger partial charge in [-0.3, -0.25) is 9.79 Å². The van der Waals surface area contributed by atoms with E-state index in [2.05, 4.69) is 35.9 Å². The van der Waals surface area contributed by atoms with Crippen molar-refractivity contribution >= 4 is 30.8 Å². The second kappa shape index (κ2) is 11.4. The van der Waals surface area contributed by atoms with Crippen LogP contribution in [0.4, 0.5) is 0 Å². The van der Waals surface area contributed by atoms with Gasteiger partial charge in [-0.05, 0) is 73.6 Å². The number of amides is 1. The molecule has 1 amide bonds. The molecule has 0 aromatic heterocycles. The van der Waals surface area contributed by atoms with Crippen molar-refractivity contribution in [2.45, 2.75) is 57.0 Å². The molecule has 1 unspecified atom stereocenters. The predicted molar refractivity (Wildman–Crippen MR) is 131 cm³/mol. The minimum absolute atomic E-state index is 0.0430. The fraction of sp³-hybridized carbons (Fsp3) is 0.520. The van der Waals surface area contributed by atoms with Gasteiger partial charge in [-0.2, -0.15) is 12.6 Å². The molecule has 6 heteroatoms. The van der Waals surface area contributed by atoms with Gasteiger partial charge in [-0.15, -0.1) is 0 Å². The van der Waals surface area contributed by atoms with E-state index < -0.39 is 0 Å². The number of carbonyl (C=O) groups excluding carboxylic acids is 1. The molecule has 1 atom stereocenters. The van der Waals surface area contributed by atoms with Crippen LogP contribution in [0.5, 0.6) is 11.5 Å². The summed E-state index contributed by atoms with van der Waals surface area (Å²) in [5.41, 5.74) is 0.688. The number of hydrogen-bond acceptors (Lipinski definition) is 5. The lowest BCUT2D eigenvalue weighted by Crippen LogP contribution is -2.36. The lowest BCUT2D eigenvalue weighted by atomic mass is 9.87. The molecule has 0 bridgehead atoms. The Bertz CT molecular complexity index is 814. The van der Waals surface area contributed by atoms with Gasteiger partial charge in [0.15, 0.2) is 11.5 Å². The Morgan fingerprint density at radius 2 is 2.06 bits per heavy atom. The molecule has 3 rings (SSSR count). The maximum Gasteiger partial charge on any atom is 0.244 e. The van der Waals surface area contributed by atoms with Crippen molar-refractivity contribution < 1.29 is 14.3 Å². The van der Waals surface area contributed by atoms with Crippen LogP contribution in [0.25, 0.3) is 6.08 Å². The second-order valence-corrected chi connectivity index (χ2v) is 8.97. The fourth-order valence-corrected chi connectivity index (χ4v) is 4.53. The Morgan fingerprint density at radius 3 is 2.74 bits per heavy atom. The number of allylic oxidation sites excluding steroid dienone is 1. The van der Waals surface area contributed by atoms with Crippen LogP contribution in [0.1, 0.15) is 51.0 Å². The Kier molecular flexibility index (Phi) is 8.64. The number of hydrogen-bond donors (Lipinski definition) is 2. The van der Waals surface area contributed by atoms with Crippen molar-refractivity contribution in [3.63, 3.8) is 0 Å². The number of benzene rings is 1. The van der Waals surface area contributed by atoms with Crippen molar-refractivity contribution in [3.8, 4) is 11.5 Å². The van der Waals surface area contributed by atoms with E-state index in [1.807, 2.05) is 36.6 Å². The highest BCUT2D eigenvalue weighted by Crippen LogP contribution is 2.31. The molecule has 5 nitrogen and oxygen atoms in total. The lowest BCUT2D eigenvalue weighted by molar-refractivity contribution is -0.117. The highest BCUT2D eigenvalue weighted by atomic mass is 32.1. The van der Waals surface area contributed by atoms with Crippen LogP contribution in [0.3, 0.4) is 0 Å². The molecule has 31 heavy (non-hydrogen) atoms. The first kappa shape index (κ1) is 23.5. The first-order valence-corrected chi connectivity index (χ1v) is 11.8. The molecule has 0 saturated heterocycles. The molecule has 1 fully saturated rings. The normalized spacial score (nSPS) is 25.1. The minimum atomic E-state index is -0.207. The highest BCUT2D eigenvalue weighted by molar-refractivity contribution is 7.80. The van der Waals surface area contributed by atoms with E-state index in [4.69, 9.17) is 9.47 Å². The van der Waals surface area contributed by atoms with E-state index in [0.29, 0.717) is 24.1 Å². The first-order valence-electron chi connectivity index (χ1n) is 11.2. The number of methoxy groups -OCH3 is 1. The molecule has 1 aliphatic heterocycles. The number of carbonyl (C=O) groups is 1. The largest absolute Gasteiger partial charge is 0.493 e. The number of ether oxygens (including phenoxy) is 2. The SMILES string of the molecule is COc1cc(C=CC(=O)NC2CCC(C)CC2)ccc1OCCC1(CCS)C=CC=N1. The van der Waals surface area contributed by atoms with Crippen LogP contribution in [-0.2, 0) is 4.79 Å². The van der Waals surface area contributed by atoms with Gasteiger partial charge in [0.25, 0.3) is 0 Å². The van der Waals surface area contributed by atoms with Crippen LogP contribution in [-0.4, -0.2) is 43.2 Å². The summed E-state index contributed by atoms with van der Waals surface area (Å²) < 4.78 is 11.5. The fourth-order valence-electron chi connectivity index (χ4n) is 4.14. The molecule has 1 N–H and O–H groups in total. The molecule has 1 aliphatic carbocycles. The van der Waals surface area contributed by atoms with Crippen LogP contribution in [0, 0.1) is 5.92 Å². The van der Waals surface area contributed by atoms with Crippen LogP contribution in [0.15, 0.2) is 41.4 Å². The first-order chi connectivity index (χ1) is 15.0. The topological polar surface area (TPSA) is 59.9 Å². The summed E-state index contributed by atoms with van der Waals surface area (Å²) in [6, 6.07) is 6.00. The van der Waals surface area contributed by atoms with Gasteiger partial charge >= 0.3 is 0 Å². The van der Waals surface area contributed by atoms with Gasteiger partial charge in [0.05, 0.1) is 19.3 Å². The number of rotatable bonds is 10. The van der Waals surface area contributed by atoms with Gasteiger partial charge in [-0.1, -0.05) is 19.1 Å². The second-order valence-electron chi connectivity index (χ2n) is 8.52. The van der Waals surface area contributed by atoms with Gasteiger partial charge in [0.1, 0.15) is 0 Å². The van der Waals surface area contributed by atoms with E-state index in [-0.39, 0.29) is 11.4 Å².